The highest BCUT2D eigenvalue weighted by Crippen LogP contribution is 2.45. The summed E-state index contributed by atoms with van der Waals surface area (Å²) in [4.78, 5) is 72.9. The van der Waals surface area contributed by atoms with E-state index in [1.165, 1.54) is 186 Å². The van der Waals surface area contributed by atoms with E-state index >= 15 is 0 Å². The van der Waals surface area contributed by atoms with Gasteiger partial charge in [0.1, 0.15) is 19.3 Å². The monoisotopic (exact) mass is 1410 g/mol. The van der Waals surface area contributed by atoms with Gasteiger partial charge in [-0.3, -0.25) is 37.3 Å². The third-order valence-electron chi connectivity index (χ3n) is 18.9. The number of phosphoric ester groups is 2. The number of unbranched alkanes of at least 4 members (excludes halogenated alkanes) is 37. The van der Waals surface area contributed by atoms with Crippen molar-refractivity contribution >= 4 is 39.5 Å². The molecule has 0 fully saturated rings. The predicted molar refractivity (Wildman–Crippen MR) is 391 cm³/mol. The zero-order chi connectivity index (χ0) is 71.0. The topological polar surface area (TPSA) is 237 Å². The molecule has 0 aliphatic rings. The summed E-state index contributed by atoms with van der Waals surface area (Å²) in [5.41, 5.74) is 0. The van der Waals surface area contributed by atoms with E-state index in [1.807, 2.05) is 0 Å². The van der Waals surface area contributed by atoms with Crippen LogP contribution in [-0.2, 0) is 65.4 Å². The number of hydrogen-bond acceptors (Lipinski definition) is 15. The Hall–Kier alpha value is -1.94. The Kier molecular flexibility index (Phi) is 65.0. The fourth-order valence-corrected chi connectivity index (χ4v) is 13.2. The molecule has 0 spiro atoms. The Morgan fingerprint density at radius 1 is 0.292 bits per heavy atom. The summed E-state index contributed by atoms with van der Waals surface area (Å²) in [6.45, 7) is 14.2. The minimum absolute atomic E-state index is 0.105. The van der Waals surface area contributed by atoms with Crippen LogP contribution in [0.4, 0.5) is 0 Å². The second-order valence-corrected chi connectivity index (χ2v) is 31.9. The molecule has 3 N–H and O–H groups in total. The van der Waals surface area contributed by atoms with Crippen molar-refractivity contribution in [1.82, 2.24) is 0 Å². The van der Waals surface area contributed by atoms with Crippen molar-refractivity contribution in [2.24, 2.45) is 23.7 Å². The maximum absolute atomic E-state index is 13.1. The van der Waals surface area contributed by atoms with Crippen LogP contribution in [0.1, 0.15) is 389 Å². The normalized spacial score (nSPS) is 15.0. The second-order valence-electron chi connectivity index (χ2n) is 28.9. The van der Waals surface area contributed by atoms with E-state index in [0.29, 0.717) is 25.7 Å². The number of hydrogen-bond donors (Lipinski definition) is 3. The molecular weight excluding hydrogens is 1260 g/mol. The molecule has 0 amide bonds. The lowest BCUT2D eigenvalue weighted by atomic mass is 9.99. The van der Waals surface area contributed by atoms with Gasteiger partial charge in [-0.25, -0.2) is 9.13 Å². The minimum atomic E-state index is -4.96. The molecule has 570 valence electrons. The van der Waals surface area contributed by atoms with Gasteiger partial charge in [-0.1, -0.05) is 338 Å². The Balaban J connectivity index is 5.23. The molecule has 0 aromatic heterocycles. The zero-order valence-electron chi connectivity index (χ0n) is 63.0. The number of phosphoric acid groups is 2. The lowest BCUT2D eigenvalue weighted by molar-refractivity contribution is -0.161. The van der Waals surface area contributed by atoms with Gasteiger partial charge in [0.2, 0.25) is 0 Å². The molecule has 0 aromatic carbocycles. The minimum Gasteiger partial charge on any atom is -0.462 e. The van der Waals surface area contributed by atoms with Crippen molar-refractivity contribution in [3.63, 3.8) is 0 Å². The van der Waals surface area contributed by atoms with Crippen LogP contribution in [0.3, 0.4) is 0 Å². The molecule has 0 bridgehead atoms. The zero-order valence-corrected chi connectivity index (χ0v) is 64.8. The maximum atomic E-state index is 13.1. The smallest absolute Gasteiger partial charge is 0.462 e. The van der Waals surface area contributed by atoms with Crippen LogP contribution in [0.25, 0.3) is 0 Å². The first kappa shape index (κ1) is 94.1. The van der Waals surface area contributed by atoms with E-state index in [1.54, 1.807) is 0 Å². The van der Waals surface area contributed by atoms with Crippen molar-refractivity contribution in [1.29, 1.82) is 0 Å². The number of ether oxygens (including phenoxy) is 4. The summed E-state index contributed by atoms with van der Waals surface area (Å²) in [7, 11) is -9.92. The SMILES string of the molecule is CCC(C)CCCCCCCCCCCCCCCCC(=O)OC[C@H](COP(=O)(O)OC[C@@H](O)COP(=O)(O)OC[C@@H](COC(=O)CCCCCCCCC(C)CC)OC(=O)CCCCCCCCCCCCCCCC(C)C)OC(=O)CCCCCCCCCCC(C)CC. The fourth-order valence-electron chi connectivity index (χ4n) is 11.6. The number of rotatable bonds is 74. The molecule has 0 rings (SSSR count). The fraction of sp³-hybridized carbons (Fsp3) is 0.948. The van der Waals surface area contributed by atoms with Crippen molar-refractivity contribution in [3.05, 3.63) is 0 Å². The van der Waals surface area contributed by atoms with Crippen molar-refractivity contribution in [2.75, 3.05) is 39.6 Å². The molecule has 8 atom stereocenters. The van der Waals surface area contributed by atoms with Crippen LogP contribution in [-0.4, -0.2) is 96.7 Å². The summed E-state index contributed by atoms with van der Waals surface area (Å²) in [5.74, 6) is 1.02. The average molecular weight is 1410 g/mol. The van der Waals surface area contributed by atoms with E-state index in [-0.39, 0.29) is 25.7 Å². The first-order valence-electron chi connectivity index (χ1n) is 39.8. The van der Waals surface area contributed by atoms with Crippen LogP contribution in [0, 0.1) is 23.7 Å². The average Bonchev–Trinajstić information content (AvgIpc) is 3.63. The largest absolute Gasteiger partial charge is 0.472 e. The number of carbonyl (C=O) groups is 4. The van der Waals surface area contributed by atoms with Crippen LogP contribution in [0.15, 0.2) is 0 Å². The Morgan fingerprint density at radius 2 is 0.500 bits per heavy atom. The van der Waals surface area contributed by atoms with E-state index in [0.717, 1.165) is 120 Å². The Bertz CT molecular complexity index is 1890. The molecule has 0 aromatic rings. The molecule has 0 radical (unpaired) electrons. The summed E-state index contributed by atoms with van der Waals surface area (Å²) in [6, 6.07) is 0. The van der Waals surface area contributed by atoms with Crippen molar-refractivity contribution in [3.8, 4) is 0 Å². The third-order valence-corrected chi connectivity index (χ3v) is 20.8. The highest BCUT2D eigenvalue weighted by molar-refractivity contribution is 7.47. The van der Waals surface area contributed by atoms with Gasteiger partial charge >= 0.3 is 39.5 Å². The molecule has 0 aliphatic carbocycles. The maximum Gasteiger partial charge on any atom is 0.472 e. The lowest BCUT2D eigenvalue weighted by Gasteiger charge is -2.21. The highest BCUT2D eigenvalue weighted by Gasteiger charge is 2.30. The lowest BCUT2D eigenvalue weighted by Crippen LogP contribution is -2.30. The molecule has 5 unspecified atom stereocenters. The molecule has 19 heteroatoms. The van der Waals surface area contributed by atoms with Crippen molar-refractivity contribution in [2.45, 2.75) is 408 Å². The molecule has 96 heavy (non-hydrogen) atoms. The van der Waals surface area contributed by atoms with Gasteiger partial charge < -0.3 is 33.8 Å². The number of esters is 4. The number of aliphatic hydroxyl groups is 1. The van der Waals surface area contributed by atoms with Crippen molar-refractivity contribution < 1.29 is 80.2 Å². The summed E-state index contributed by atoms with van der Waals surface area (Å²) < 4.78 is 68.6. The molecular formula is C77H150O17P2. The summed E-state index contributed by atoms with van der Waals surface area (Å²) in [5, 5.41) is 10.6. The van der Waals surface area contributed by atoms with Gasteiger partial charge in [-0.2, -0.15) is 0 Å². The summed E-state index contributed by atoms with van der Waals surface area (Å²) in [6.07, 6.45) is 51.2. The summed E-state index contributed by atoms with van der Waals surface area (Å²) >= 11 is 0. The van der Waals surface area contributed by atoms with E-state index < -0.39 is 97.5 Å². The van der Waals surface area contributed by atoms with Gasteiger partial charge in [0.05, 0.1) is 26.4 Å². The van der Waals surface area contributed by atoms with Crippen LogP contribution in [0.2, 0.25) is 0 Å². The quantitative estimate of drug-likeness (QED) is 0.0222. The van der Waals surface area contributed by atoms with Gasteiger partial charge in [-0.05, 0) is 49.4 Å². The highest BCUT2D eigenvalue weighted by atomic mass is 31.2. The van der Waals surface area contributed by atoms with Crippen LogP contribution < -0.4 is 0 Å². The van der Waals surface area contributed by atoms with E-state index in [4.69, 9.17) is 37.0 Å². The third kappa shape index (κ3) is 66.6. The van der Waals surface area contributed by atoms with Gasteiger partial charge in [0, 0.05) is 25.7 Å². The van der Waals surface area contributed by atoms with Gasteiger partial charge in [-0.15, -0.1) is 0 Å². The van der Waals surface area contributed by atoms with E-state index in [2.05, 4.69) is 55.4 Å². The molecule has 0 saturated carbocycles. The molecule has 0 saturated heterocycles. The predicted octanol–water partition coefficient (Wildman–Crippen LogP) is 22.4. The number of aliphatic hydroxyl groups excluding tert-OH is 1. The Labute approximate surface area is 588 Å². The second kappa shape index (κ2) is 66.3. The molecule has 0 aliphatic heterocycles. The van der Waals surface area contributed by atoms with Gasteiger partial charge in [0.25, 0.3) is 0 Å². The number of carbonyl (C=O) groups excluding carboxylic acids is 4. The first-order chi connectivity index (χ1) is 46.2. The first-order valence-corrected chi connectivity index (χ1v) is 42.8. The van der Waals surface area contributed by atoms with Gasteiger partial charge in [0.15, 0.2) is 12.2 Å². The molecule has 0 heterocycles. The molecule has 17 nitrogen and oxygen atoms in total. The standard InChI is InChI=1S/C77H150O17P2/c1-9-68(6)54-46-38-30-24-20-16-12-13-17-21-25-32-41-49-57-74(79)87-63-72(94-77(82)60-52-44-34-28-27-31-39-47-55-69(7)10-2)65-91-95(83,84)89-61-71(78)62-90-96(85,86)92-66-73(64-88-75(80)58-50-42-36-35-40-48-56-70(8)11-3)93-76(81)59-51-43-33-26-22-18-14-15-19-23-29-37-45-53-67(4)5/h67-73,78H,9-66H2,1-8H3,(H,83,84)(H,85,86)/t68?,69?,70?,71-,72-,73-/m1/s1. The Morgan fingerprint density at radius 3 is 0.740 bits per heavy atom. The van der Waals surface area contributed by atoms with Crippen LogP contribution in [0.5, 0.6) is 0 Å². The van der Waals surface area contributed by atoms with E-state index in [9.17, 15) is 43.2 Å². The van der Waals surface area contributed by atoms with Crippen LogP contribution >= 0.6 is 15.6 Å².